The molecule has 1 saturated heterocycles. The quantitative estimate of drug-likeness (QED) is 0.729. The van der Waals surface area contributed by atoms with Gasteiger partial charge in [0.25, 0.3) is 0 Å². The number of aliphatic carboxylic acids is 1. The average molecular weight is 292 g/mol. The first-order chi connectivity index (χ1) is 10.0. The molecule has 5 heteroatoms. The number of amides is 1. The van der Waals surface area contributed by atoms with Crippen LogP contribution in [0.25, 0.3) is 0 Å². The Bertz CT molecular complexity index is 441. The van der Waals surface area contributed by atoms with E-state index in [9.17, 15) is 9.59 Å². The second-order valence-electron chi connectivity index (χ2n) is 7.90. The Morgan fingerprint density at radius 1 is 1.00 bits per heavy atom. The van der Waals surface area contributed by atoms with Crippen LogP contribution in [0.15, 0.2) is 0 Å². The number of hydrogen-bond acceptors (Lipinski definition) is 3. The smallest absolute Gasteiger partial charge is 0.320 e. The van der Waals surface area contributed by atoms with E-state index in [1.807, 2.05) is 0 Å². The van der Waals surface area contributed by atoms with E-state index in [0.717, 1.165) is 37.0 Å². The van der Waals surface area contributed by atoms with Gasteiger partial charge in [0.2, 0.25) is 5.91 Å². The van der Waals surface area contributed by atoms with E-state index >= 15 is 0 Å². The van der Waals surface area contributed by atoms with Crippen LogP contribution in [0.2, 0.25) is 0 Å². The summed E-state index contributed by atoms with van der Waals surface area (Å²) in [5.41, 5.74) is -0.129. The lowest BCUT2D eigenvalue weighted by molar-refractivity contribution is -0.147. The Hall–Kier alpha value is -1.10. The lowest BCUT2D eigenvalue weighted by Crippen LogP contribution is -2.55. The third kappa shape index (κ3) is 2.26. The maximum Gasteiger partial charge on any atom is 0.320 e. The van der Waals surface area contributed by atoms with Gasteiger partial charge in [-0.2, -0.15) is 0 Å². The Morgan fingerprint density at radius 3 is 2.05 bits per heavy atom. The van der Waals surface area contributed by atoms with Crippen LogP contribution in [0.4, 0.5) is 0 Å². The van der Waals surface area contributed by atoms with Gasteiger partial charge in [-0.05, 0) is 62.7 Å². The molecule has 116 valence electrons. The van der Waals surface area contributed by atoms with Gasteiger partial charge in [-0.1, -0.05) is 0 Å². The van der Waals surface area contributed by atoms with Crippen molar-refractivity contribution < 1.29 is 14.7 Å². The van der Waals surface area contributed by atoms with Crippen LogP contribution in [0, 0.1) is 23.2 Å². The van der Waals surface area contributed by atoms with Gasteiger partial charge < -0.3 is 15.7 Å². The highest BCUT2D eigenvalue weighted by Gasteiger charge is 2.54. The molecule has 0 aromatic rings. The standard InChI is InChI=1S/C16H24N2O3/c19-14(20)13-4-12(8-17-13)18-15(21)16-5-9-1-10(6-16)3-11(2-9)7-16/h9-13,17H,1-8H2,(H,18,21)(H,19,20)/t9?,10?,11?,12-,13-,16?/m0/s1. The Balaban J connectivity index is 1.42. The summed E-state index contributed by atoms with van der Waals surface area (Å²) in [6, 6.07) is -0.529. The molecule has 1 heterocycles. The first-order valence-electron chi connectivity index (χ1n) is 8.31. The van der Waals surface area contributed by atoms with Crippen molar-refractivity contribution >= 4 is 11.9 Å². The first kappa shape index (κ1) is 13.6. The molecule has 2 atom stereocenters. The van der Waals surface area contributed by atoms with E-state index in [2.05, 4.69) is 10.6 Å². The number of rotatable bonds is 3. The summed E-state index contributed by atoms with van der Waals surface area (Å²) in [4.78, 5) is 23.8. The van der Waals surface area contributed by atoms with Crippen molar-refractivity contribution in [3.8, 4) is 0 Å². The first-order valence-corrected chi connectivity index (χ1v) is 8.31. The molecule has 4 aliphatic carbocycles. The zero-order valence-corrected chi connectivity index (χ0v) is 12.3. The Kier molecular flexibility index (Phi) is 3.03. The van der Waals surface area contributed by atoms with Gasteiger partial charge in [-0.25, -0.2) is 0 Å². The van der Waals surface area contributed by atoms with Crippen molar-refractivity contribution in [2.24, 2.45) is 23.2 Å². The van der Waals surface area contributed by atoms with Crippen molar-refractivity contribution in [3.05, 3.63) is 0 Å². The summed E-state index contributed by atoms with van der Waals surface area (Å²) in [7, 11) is 0. The topological polar surface area (TPSA) is 78.4 Å². The molecule has 5 rings (SSSR count). The normalized spacial score (nSPS) is 47.5. The molecule has 4 saturated carbocycles. The molecule has 1 amide bonds. The van der Waals surface area contributed by atoms with Crippen molar-refractivity contribution in [2.45, 2.75) is 57.0 Å². The molecule has 0 unspecified atom stereocenters. The lowest BCUT2D eigenvalue weighted by atomic mass is 9.49. The molecule has 0 spiro atoms. The largest absolute Gasteiger partial charge is 0.480 e. The number of carboxylic acid groups (broad SMARTS) is 1. The second-order valence-corrected chi connectivity index (χ2v) is 7.90. The third-order valence-electron chi connectivity index (χ3n) is 6.28. The SMILES string of the molecule is O=C(O)[C@@H]1C[C@H](NC(=O)C23CC4CC(CC(C4)C2)C3)CN1. The Morgan fingerprint density at radius 2 is 1.57 bits per heavy atom. The van der Waals surface area contributed by atoms with Gasteiger partial charge >= 0.3 is 5.97 Å². The van der Waals surface area contributed by atoms with E-state index in [1.54, 1.807) is 0 Å². The van der Waals surface area contributed by atoms with Crippen LogP contribution in [0.3, 0.4) is 0 Å². The van der Waals surface area contributed by atoms with Crippen molar-refractivity contribution in [2.75, 3.05) is 6.54 Å². The molecular formula is C16H24N2O3. The summed E-state index contributed by atoms with van der Waals surface area (Å²) in [5, 5.41) is 15.1. The molecule has 21 heavy (non-hydrogen) atoms. The summed E-state index contributed by atoms with van der Waals surface area (Å²) >= 11 is 0. The molecule has 5 nitrogen and oxygen atoms in total. The van der Waals surface area contributed by atoms with Crippen LogP contribution in [-0.2, 0) is 9.59 Å². The molecule has 0 aromatic heterocycles. The van der Waals surface area contributed by atoms with Crippen molar-refractivity contribution in [3.63, 3.8) is 0 Å². The molecule has 1 aliphatic heterocycles. The number of carbonyl (C=O) groups is 2. The maximum absolute atomic E-state index is 12.8. The predicted molar refractivity (Wildman–Crippen MR) is 76.6 cm³/mol. The van der Waals surface area contributed by atoms with Gasteiger partial charge in [0.1, 0.15) is 6.04 Å². The van der Waals surface area contributed by atoms with Crippen molar-refractivity contribution in [1.29, 1.82) is 0 Å². The van der Waals surface area contributed by atoms with Gasteiger partial charge in [-0.3, -0.25) is 9.59 Å². The number of nitrogens with one attached hydrogen (secondary N) is 2. The van der Waals surface area contributed by atoms with Gasteiger partial charge in [0.05, 0.1) is 0 Å². The summed E-state index contributed by atoms with van der Waals surface area (Å²) in [5.74, 6) is 1.67. The molecule has 5 fully saturated rings. The minimum Gasteiger partial charge on any atom is -0.480 e. The molecule has 3 N–H and O–H groups in total. The molecule has 5 aliphatic rings. The van der Waals surface area contributed by atoms with E-state index < -0.39 is 12.0 Å². The number of carbonyl (C=O) groups excluding carboxylic acids is 1. The summed E-state index contributed by atoms with van der Waals surface area (Å²) in [6.45, 7) is 0.578. The highest BCUT2D eigenvalue weighted by Crippen LogP contribution is 2.60. The Labute approximate surface area is 124 Å². The monoisotopic (exact) mass is 292 g/mol. The highest BCUT2D eigenvalue weighted by molar-refractivity contribution is 5.84. The fourth-order valence-corrected chi connectivity index (χ4v) is 5.76. The van der Waals surface area contributed by atoms with Gasteiger partial charge in [0.15, 0.2) is 0 Å². The molecular weight excluding hydrogens is 268 g/mol. The van der Waals surface area contributed by atoms with E-state index in [-0.39, 0.29) is 17.4 Å². The van der Waals surface area contributed by atoms with Crippen molar-refractivity contribution in [1.82, 2.24) is 10.6 Å². The van der Waals surface area contributed by atoms with Gasteiger partial charge in [0, 0.05) is 18.0 Å². The van der Waals surface area contributed by atoms with Crippen LogP contribution in [0.1, 0.15) is 44.9 Å². The minimum absolute atomic E-state index is 0.0217. The third-order valence-corrected chi connectivity index (χ3v) is 6.28. The summed E-state index contributed by atoms with van der Waals surface area (Å²) < 4.78 is 0. The van der Waals surface area contributed by atoms with E-state index in [1.165, 1.54) is 19.3 Å². The molecule has 0 aromatic carbocycles. The minimum atomic E-state index is -0.818. The van der Waals surface area contributed by atoms with Crippen LogP contribution < -0.4 is 10.6 Å². The highest BCUT2D eigenvalue weighted by atomic mass is 16.4. The van der Waals surface area contributed by atoms with E-state index in [4.69, 9.17) is 5.11 Å². The fraction of sp³-hybridized carbons (Fsp3) is 0.875. The lowest BCUT2D eigenvalue weighted by Gasteiger charge is -2.55. The van der Waals surface area contributed by atoms with Gasteiger partial charge in [-0.15, -0.1) is 0 Å². The predicted octanol–water partition coefficient (Wildman–Crippen LogP) is 1.13. The average Bonchev–Trinajstić information content (AvgIpc) is 2.85. The van der Waals surface area contributed by atoms with Crippen LogP contribution in [0.5, 0.6) is 0 Å². The maximum atomic E-state index is 12.8. The molecule has 4 bridgehead atoms. The van der Waals surface area contributed by atoms with E-state index in [0.29, 0.717) is 13.0 Å². The second kappa shape index (κ2) is 4.70. The fourth-order valence-electron chi connectivity index (χ4n) is 5.76. The number of hydrogen-bond donors (Lipinski definition) is 3. The van der Waals surface area contributed by atoms with Crippen LogP contribution >= 0.6 is 0 Å². The molecule has 0 radical (unpaired) electrons. The summed E-state index contributed by atoms with van der Waals surface area (Å²) in [6.07, 6.45) is 7.69. The van der Waals surface area contributed by atoms with Crippen LogP contribution in [-0.4, -0.2) is 35.6 Å². The number of carboxylic acids is 1. The zero-order valence-electron chi connectivity index (χ0n) is 12.3. The zero-order chi connectivity index (χ0) is 14.6.